The molecule has 0 aliphatic carbocycles. The molecule has 1 aromatic carbocycles. The molecular weight excluding hydrogens is 315 g/mol. The zero-order chi connectivity index (χ0) is 11.0. The predicted molar refractivity (Wildman–Crippen MR) is 60.6 cm³/mol. The number of halogens is 3. The number of rotatable bonds is 1. The van der Waals surface area contributed by atoms with Gasteiger partial charge in [0.25, 0.3) is 0 Å². The van der Waals surface area contributed by atoms with Crippen LogP contribution in [-0.4, -0.2) is 9.78 Å². The highest BCUT2D eigenvalue weighted by Gasteiger charge is 2.11. The summed E-state index contributed by atoms with van der Waals surface area (Å²) >= 11 is 1.99. The van der Waals surface area contributed by atoms with Crippen molar-refractivity contribution >= 4 is 28.4 Å². The quantitative estimate of drug-likeness (QED) is 0.820. The summed E-state index contributed by atoms with van der Waals surface area (Å²) < 4.78 is 28.0. The molecule has 0 unspecified atom stereocenters. The molecule has 0 spiro atoms. The molecule has 0 aliphatic rings. The highest BCUT2D eigenvalue weighted by atomic mass is 127. The summed E-state index contributed by atoms with van der Waals surface area (Å²) in [5.41, 5.74) is 5.81. The molecule has 2 rings (SSSR count). The number of benzene rings is 1. The molecule has 6 heteroatoms. The van der Waals surface area contributed by atoms with Crippen molar-refractivity contribution in [1.82, 2.24) is 9.78 Å². The van der Waals surface area contributed by atoms with Crippen LogP contribution in [0.15, 0.2) is 24.4 Å². The van der Waals surface area contributed by atoms with Crippen LogP contribution in [0.5, 0.6) is 0 Å². The highest BCUT2D eigenvalue weighted by molar-refractivity contribution is 14.1. The minimum atomic E-state index is -0.693. The summed E-state index contributed by atoms with van der Waals surface area (Å²) in [5, 5.41) is 3.90. The first-order chi connectivity index (χ1) is 7.09. The maximum Gasteiger partial charge on any atom is 0.151 e. The molecule has 0 saturated carbocycles. The Morgan fingerprint density at radius 1 is 1.33 bits per heavy atom. The first-order valence-corrected chi connectivity index (χ1v) is 5.12. The number of hydrogen-bond acceptors (Lipinski definition) is 2. The van der Waals surface area contributed by atoms with Crippen LogP contribution in [0.1, 0.15) is 0 Å². The van der Waals surface area contributed by atoms with Gasteiger partial charge in [0.2, 0.25) is 0 Å². The fourth-order valence-electron chi connectivity index (χ4n) is 1.18. The van der Waals surface area contributed by atoms with Crippen LogP contribution >= 0.6 is 22.6 Å². The fraction of sp³-hybridized carbons (Fsp3) is 0. The van der Waals surface area contributed by atoms with E-state index in [-0.39, 0.29) is 5.69 Å². The van der Waals surface area contributed by atoms with E-state index < -0.39 is 11.6 Å². The molecule has 0 saturated heterocycles. The summed E-state index contributed by atoms with van der Waals surface area (Å²) in [6, 6.07) is 3.25. The topological polar surface area (TPSA) is 43.8 Å². The number of hydrogen-bond donors (Lipinski definition) is 1. The second-order valence-electron chi connectivity index (χ2n) is 2.89. The van der Waals surface area contributed by atoms with Gasteiger partial charge in [-0.15, -0.1) is 0 Å². The molecule has 3 nitrogen and oxygen atoms in total. The normalized spacial score (nSPS) is 10.6. The standard InChI is InChI=1S/C9H6F2IN3/c10-5-1-2-8(6(11)3-5)15-9(13)7(12)4-14-15/h1-4H,13H2. The summed E-state index contributed by atoms with van der Waals surface area (Å²) in [7, 11) is 0. The van der Waals surface area contributed by atoms with Gasteiger partial charge < -0.3 is 5.73 Å². The smallest absolute Gasteiger partial charge is 0.151 e. The number of aromatic nitrogens is 2. The predicted octanol–water partition coefficient (Wildman–Crippen LogP) is 2.34. The molecule has 78 valence electrons. The monoisotopic (exact) mass is 321 g/mol. The molecule has 2 N–H and O–H groups in total. The van der Waals surface area contributed by atoms with Gasteiger partial charge >= 0.3 is 0 Å². The van der Waals surface area contributed by atoms with Gasteiger partial charge in [0.1, 0.15) is 17.3 Å². The van der Waals surface area contributed by atoms with Crippen LogP contribution in [0.2, 0.25) is 0 Å². The summed E-state index contributed by atoms with van der Waals surface area (Å²) in [6.07, 6.45) is 1.51. The van der Waals surface area contributed by atoms with Gasteiger partial charge in [0, 0.05) is 6.07 Å². The van der Waals surface area contributed by atoms with E-state index >= 15 is 0 Å². The van der Waals surface area contributed by atoms with Gasteiger partial charge in [0.15, 0.2) is 5.82 Å². The summed E-state index contributed by atoms with van der Waals surface area (Å²) in [4.78, 5) is 0. The lowest BCUT2D eigenvalue weighted by Gasteiger charge is -2.05. The summed E-state index contributed by atoms with van der Waals surface area (Å²) in [6.45, 7) is 0. The highest BCUT2D eigenvalue weighted by Crippen LogP contribution is 2.21. The van der Waals surface area contributed by atoms with E-state index in [0.717, 1.165) is 15.7 Å². The third-order valence-corrected chi connectivity index (χ3v) is 2.73. The van der Waals surface area contributed by atoms with E-state index in [0.29, 0.717) is 5.82 Å². The Morgan fingerprint density at radius 3 is 2.60 bits per heavy atom. The molecule has 0 atom stereocenters. The largest absolute Gasteiger partial charge is 0.383 e. The van der Waals surface area contributed by atoms with E-state index in [1.165, 1.54) is 16.9 Å². The number of nitrogens with zero attached hydrogens (tertiary/aromatic N) is 2. The van der Waals surface area contributed by atoms with E-state index in [1.807, 2.05) is 22.6 Å². The molecule has 1 aromatic heterocycles. The molecule has 1 heterocycles. The van der Waals surface area contributed by atoms with Crippen LogP contribution < -0.4 is 5.73 Å². The Kier molecular flexibility index (Phi) is 2.59. The Balaban J connectivity index is 2.59. The number of nitrogen functional groups attached to an aromatic ring is 1. The molecule has 0 fully saturated rings. The van der Waals surface area contributed by atoms with Crippen molar-refractivity contribution in [1.29, 1.82) is 0 Å². The van der Waals surface area contributed by atoms with E-state index in [1.54, 1.807) is 0 Å². The van der Waals surface area contributed by atoms with Crippen LogP contribution in [0.25, 0.3) is 5.69 Å². The lowest BCUT2D eigenvalue weighted by atomic mass is 10.3. The number of nitrogens with two attached hydrogens (primary N) is 1. The average Bonchev–Trinajstić information content (AvgIpc) is 2.49. The van der Waals surface area contributed by atoms with Gasteiger partial charge in [-0.2, -0.15) is 5.10 Å². The summed E-state index contributed by atoms with van der Waals surface area (Å²) in [5.74, 6) is -0.987. The minimum absolute atomic E-state index is 0.136. The van der Waals surface area contributed by atoms with Gasteiger partial charge in [0.05, 0.1) is 9.77 Å². The van der Waals surface area contributed by atoms with Gasteiger partial charge in [-0.05, 0) is 34.7 Å². The van der Waals surface area contributed by atoms with Crippen LogP contribution in [0, 0.1) is 15.2 Å². The average molecular weight is 321 g/mol. The maximum atomic E-state index is 13.4. The van der Waals surface area contributed by atoms with Crippen LogP contribution in [0.4, 0.5) is 14.6 Å². The molecule has 0 radical (unpaired) electrons. The lowest BCUT2D eigenvalue weighted by Crippen LogP contribution is -2.04. The molecule has 0 aliphatic heterocycles. The van der Waals surface area contributed by atoms with E-state index in [9.17, 15) is 8.78 Å². The zero-order valence-corrected chi connectivity index (χ0v) is 9.57. The molecular formula is C9H6F2IN3. The number of anilines is 1. The van der Waals surface area contributed by atoms with E-state index in [2.05, 4.69) is 5.10 Å². The van der Waals surface area contributed by atoms with Crippen molar-refractivity contribution in [3.63, 3.8) is 0 Å². The van der Waals surface area contributed by atoms with Crippen molar-refractivity contribution in [3.05, 3.63) is 39.6 Å². The van der Waals surface area contributed by atoms with E-state index in [4.69, 9.17) is 5.73 Å². The van der Waals surface area contributed by atoms with Crippen molar-refractivity contribution < 1.29 is 8.78 Å². The SMILES string of the molecule is Nc1c(I)cnn1-c1ccc(F)cc1F. The molecule has 2 aromatic rings. The van der Waals surface area contributed by atoms with Crippen molar-refractivity contribution in [2.24, 2.45) is 0 Å². The van der Waals surface area contributed by atoms with Crippen LogP contribution in [-0.2, 0) is 0 Å². The Labute approximate surface area is 98.0 Å². The van der Waals surface area contributed by atoms with Crippen LogP contribution in [0.3, 0.4) is 0 Å². The van der Waals surface area contributed by atoms with Gasteiger partial charge in [-0.3, -0.25) is 0 Å². The first kappa shape index (κ1) is 10.3. The van der Waals surface area contributed by atoms with Crippen molar-refractivity contribution in [2.45, 2.75) is 0 Å². The second kappa shape index (κ2) is 3.76. The van der Waals surface area contributed by atoms with Crippen molar-refractivity contribution in [2.75, 3.05) is 5.73 Å². The fourth-order valence-corrected chi connectivity index (χ4v) is 1.54. The van der Waals surface area contributed by atoms with Gasteiger partial charge in [-0.25, -0.2) is 13.5 Å². The molecule has 15 heavy (non-hydrogen) atoms. The Morgan fingerprint density at radius 2 is 2.07 bits per heavy atom. The van der Waals surface area contributed by atoms with Crippen molar-refractivity contribution in [3.8, 4) is 5.69 Å². The first-order valence-electron chi connectivity index (χ1n) is 4.04. The second-order valence-corrected chi connectivity index (χ2v) is 4.05. The minimum Gasteiger partial charge on any atom is -0.383 e. The Hall–Kier alpha value is -1.18. The molecule has 0 bridgehead atoms. The zero-order valence-electron chi connectivity index (χ0n) is 7.42. The van der Waals surface area contributed by atoms with Gasteiger partial charge in [-0.1, -0.05) is 0 Å². The Bertz CT molecular complexity index is 510. The third-order valence-electron chi connectivity index (χ3n) is 1.90. The lowest BCUT2D eigenvalue weighted by molar-refractivity contribution is 0.574. The third kappa shape index (κ3) is 1.81. The maximum absolute atomic E-state index is 13.4. The molecule has 0 amide bonds.